The summed E-state index contributed by atoms with van der Waals surface area (Å²) in [4.78, 5) is 57.5. The molecule has 2 rings (SSSR count). The quantitative estimate of drug-likeness (QED) is 0.305. The van der Waals surface area contributed by atoms with Crippen LogP contribution in [0.5, 0.6) is 5.75 Å². The number of hydroxylamine groups is 1. The Hall–Kier alpha value is -3.86. The fraction of sp³-hybridized carbons (Fsp3) is 0.273. The molecule has 0 aliphatic heterocycles. The molecule has 2 aromatic rings. The van der Waals surface area contributed by atoms with E-state index in [9.17, 15) is 28.2 Å². The standard InChI is InChI=1S/C22H21F2NO8/c1-14(26)31-19-8-5-15(6-9-19)13-30-25-20(27)10-7-18(22(29)33-24)12-16-3-2-4-17(11-16)21(28)32-23/h2-6,8-9,11,18H,7,10,12-13H2,1H3,(H,25,27). The molecule has 11 heteroatoms. The van der Waals surface area contributed by atoms with E-state index < -0.39 is 29.7 Å². The maximum atomic E-state index is 12.5. The summed E-state index contributed by atoms with van der Waals surface area (Å²) in [6, 6.07) is 12.0. The first kappa shape index (κ1) is 25.4. The van der Waals surface area contributed by atoms with Crippen molar-refractivity contribution in [3.63, 3.8) is 0 Å². The van der Waals surface area contributed by atoms with E-state index >= 15 is 0 Å². The number of carbonyl (C=O) groups excluding carboxylic acids is 4. The van der Waals surface area contributed by atoms with Gasteiger partial charge < -0.3 is 4.74 Å². The van der Waals surface area contributed by atoms with Crippen LogP contribution in [0.2, 0.25) is 0 Å². The van der Waals surface area contributed by atoms with Crippen molar-refractivity contribution in [1.29, 1.82) is 0 Å². The summed E-state index contributed by atoms with van der Waals surface area (Å²) < 4.78 is 29.5. The molecule has 1 atom stereocenters. The van der Waals surface area contributed by atoms with Gasteiger partial charge in [0.1, 0.15) is 5.75 Å². The van der Waals surface area contributed by atoms with Gasteiger partial charge in [-0.25, -0.2) is 20.0 Å². The number of hydrogen-bond donors (Lipinski definition) is 1. The molecule has 0 spiro atoms. The molecule has 1 N–H and O–H groups in total. The van der Waals surface area contributed by atoms with Gasteiger partial charge in [-0.1, -0.05) is 24.3 Å². The Labute approximate surface area is 187 Å². The lowest BCUT2D eigenvalue weighted by atomic mass is 9.94. The van der Waals surface area contributed by atoms with E-state index in [-0.39, 0.29) is 31.4 Å². The van der Waals surface area contributed by atoms with Crippen molar-refractivity contribution in [1.82, 2.24) is 5.48 Å². The molecule has 0 fully saturated rings. The minimum atomic E-state index is -1.21. The molecule has 0 bridgehead atoms. The molecular formula is C22H21F2NO8. The molecular weight excluding hydrogens is 444 g/mol. The fourth-order valence-corrected chi connectivity index (χ4v) is 2.90. The minimum absolute atomic E-state index is 0.0273. The Morgan fingerprint density at radius 3 is 2.33 bits per heavy atom. The summed E-state index contributed by atoms with van der Waals surface area (Å²) in [7, 11) is 0. The van der Waals surface area contributed by atoms with Crippen LogP contribution in [0.15, 0.2) is 48.5 Å². The van der Waals surface area contributed by atoms with Gasteiger partial charge in [-0.3, -0.25) is 19.4 Å². The number of benzene rings is 2. The Morgan fingerprint density at radius 2 is 1.70 bits per heavy atom. The largest absolute Gasteiger partial charge is 0.427 e. The maximum absolute atomic E-state index is 12.5. The fourth-order valence-electron chi connectivity index (χ4n) is 2.90. The topological polar surface area (TPSA) is 117 Å². The molecule has 0 radical (unpaired) electrons. The van der Waals surface area contributed by atoms with Crippen molar-refractivity contribution >= 4 is 23.8 Å². The predicted octanol–water partition coefficient (Wildman–Crippen LogP) is 3.27. The van der Waals surface area contributed by atoms with E-state index in [0.29, 0.717) is 16.9 Å². The van der Waals surface area contributed by atoms with Gasteiger partial charge in [0.25, 0.3) is 0 Å². The third-order valence-corrected chi connectivity index (χ3v) is 4.45. The normalized spacial score (nSPS) is 11.2. The number of rotatable bonds is 11. The van der Waals surface area contributed by atoms with Crippen LogP contribution in [0.4, 0.5) is 9.05 Å². The van der Waals surface area contributed by atoms with Crippen LogP contribution in [0.1, 0.15) is 41.3 Å². The van der Waals surface area contributed by atoms with E-state index in [0.717, 1.165) is 0 Å². The first-order valence-electron chi connectivity index (χ1n) is 9.74. The van der Waals surface area contributed by atoms with Crippen molar-refractivity contribution < 1.29 is 47.7 Å². The van der Waals surface area contributed by atoms with E-state index in [4.69, 9.17) is 9.57 Å². The SMILES string of the molecule is CC(=O)Oc1ccc(CONC(=O)CCC(Cc2cccc(C(=O)OF)c2)C(=O)OF)cc1. The van der Waals surface area contributed by atoms with Gasteiger partial charge in [-0.2, -0.15) is 0 Å². The number of carbonyl (C=O) groups is 4. The Kier molecular flexibility index (Phi) is 9.90. The molecule has 1 amide bonds. The minimum Gasteiger partial charge on any atom is -0.427 e. The highest BCUT2D eigenvalue weighted by atomic mass is 19.3. The first-order chi connectivity index (χ1) is 15.8. The molecule has 9 nitrogen and oxygen atoms in total. The second-order valence-corrected chi connectivity index (χ2v) is 6.95. The van der Waals surface area contributed by atoms with Crippen LogP contribution in [0, 0.1) is 5.92 Å². The van der Waals surface area contributed by atoms with Crippen LogP contribution in [-0.4, -0.2) is 23.8 Å². The van der Waals surface area contributed by atoms with Crippen molar-refractivity contribution in [2.75, 3.05) is 0 Å². The van der Waals surface area contributed by atoms with E-state index in [1.54, 1.807) is 30.3 Å². The smallest absolute Gasteiger partial charge is 0.379 e. The molecule has 0 aliphatic carbocycles. The van der Waals surface area contributed by atoms with Gasteiger partial charge in [-0.15, -0.1) is 0 Å². The van der Waals surface area contributed by atoms with Gasteiger partial charge in [0.2, 0.25) is 5.91 Å². The second-order valence-electron chi connectivity index (χ2n) is 6.95. The van der Waals surface area contributed by atoms with Crippen LogP contribution in [0.25, 0.3) is 0 Å². The lowest BCUT2D eigenvalue weighted by Gasteiger charge is -2.13. The van der Waals surface area contributed by atoms with Crippen LogP contribution in [-0.2, 0) is 42.1 Å². The third-order valence-electron chi connectivity index (χ3n) is 4.45. The third kappa shape index (κ3) is 8.65. The summed E-state index contributed by atoms with van der Waals surface area (Å²) in [6.07, 6.45) is -0.316. The van der Waals surface area contributed by atoms with Crippen molar-refractivity contribution in [2.45, 2.75) is 32.8 Å². The highest BCUT2D eigenvalue weighted by molar-refractivity contribution is 5.89. The Balaban J connectivity index is 1.84. The summed E-state index contributed by atoms with van der Waals surface area (Å²) in [5.74, 6) is -4.07. The molecule has 1 unspecified atom stereocenters. The van der Waals surface area contributed by atoms with E-state index in [1.807, 2.05) is 0 Å². The summed E-state index contributed by atoms with van der Waals surface area (Å²) in [6.45, 7) is 1.31. The molecule has 33 heavy (non-hydrogen) atoms. The first-order valence-corrected chi connectivity index (χ1v) is 9.74. The average molecular weight is 465 g/mol. The second kappa shape index (κ2) is 12.9. The van der Waals surface area contributed by atoms with Crippen LogP contribution >= 0.6 is 0 Å². The van der Waals surface area contributed by atoms with Gasteiger partial charge in [0, 0.05) is 22.4 Å². The Bertz CT molecular complexity index is 981. The number of nitrogens with one attached hydrogen (secondary N) is 1. The Morgan fingerprint density at radius 1 is 0.970 bits per heavy atom. The van der Waals surface area contributed by atoms with Crippen molar-refractivity contribution in [3.05, 3.63) is 65.2 Å². The molecule has 0 saturated heterocycles. The van der Waals surface area contributed by atoms with Crippen molar-refractivity contribution in [3.8, 4) is 5.75 Å². The monoisotopic (exact) mass is 465 g/mol. The predicted molar refractivity (Wildman–Crippen MR) is 107 cm³/mol. The zero-order valence-corrected chi connectivity index (χ0v) is 17.5. The van der Waals surface area contributed by atoms with Gasteiger partial charge in [-0.05, 0) is 48.2 Å². The van der Waals surface area contributed by atoms with Gasteiger partial charge in [0.15, 0.2) is 0 Å². The highest BCUT2D eigenvalue weighted by Crippen LogP contribution is 2.18. The number of esters is 1. The zero-order chi connectivity index (χ0) is 24.2. The molecule has 2 aromatic carbocycles. The van der Waals surface area contributed by atoms with E-state index in [2.05, 4.69) is 15.4 Å². The lowest BCUT2D eigenvalue weighted by Crippen LogP contribution is -2.26. The van der Waals surface area contributed by atoms with E-state index in [1.165, 1.54) is 25.1 Å². The molecule has 0 aromatic heterocycles. The molecule has 0 saturated carbocycles. The van der Waals surface area contributed by atoms with Crippen LogP contribution < -0.4 is 10.2 Å². The summed E-state index contributed by atoms with van der Waals surface area (Å²) in [5, 5.41) is 0. The van der Waals surface area contributed by atoms with Gasteiger partial charge >= 0.3 is 17.9 Å². The zero-order valence-electron chi connectivity index (χ0n) is 17.5. The average Bonchev–Trinajstić information content (AvgIpc) is 2.81. The van der Waals surface area contributed by atoms with Crippen LogP contribution in [0.3, 0.4) is 0 Å². The summed E-state index contributed by atoms with van der Waals surface area (Å²) in [5.41, 5.74) is 3.23. The van der Waals surface area contributed by atoms with Gasteiger partial charge in [0.05, 0.1) is 18.1 Å². The number of halogens is 2. The number of hydrogen-bond acceptors (Lipinski definition) is 8. The highest BCUT2D eigenvalue weighted by Gasteiger charge is 2.23. The van der Waals surface area contributed by atoms with Crippen molar-refractivity contribution in [2.24, 2.45) is 5.92 Å². The maximum Gasteiger partial charge on any atom is 0.379 e. The molecule has 0 heterocycles. The number of ether oxygens (including phenoxy) is 1. The molecule has 176 valence electrons. The molecule has 0 aliphatic rings. The summed E-state index contributed by atoms with van der Waals surface area (Å²) >= 11 is 0. The number of amides is 1. The lowest BCUT2D eigenvalue weighted by molar-refractivity contribution is -0.189.